The van der Waals surface area contributed by atoms with Crippen LogP contribution in [-0.2, 0) is 9.47 Å². The zero-order valence-corrected chi connectivity index (χ0v) is 6.39. The molecule has 1 aliphatic heterocycles. The first kappa shape index (κ1) is 7.82. The minimum atomic E-state index is 0.0872. The van der Waals surface area contributed by atoms with Gasteiger partial charge in [0.1, 0.15) is 6.10 Å². The van der Waals surface area contributed by atoms with Crippen LogP contribution in [0.3, 0.4) is 0 Å². The van der Waals surface area contributed by atoms with Crippen molar-refractivity contribution in [3.63, 3.8) is 0 Å². The monoisotopic (exact) mass is 159 g/mol. The van der Waals surface area contributed by atoms with Gasteiger partial charge in [-0.2, -0.15) is 0 Å². The lowest BCUT2D eigenvalue weighted by molar-refractivity contribution is -0.0831. The number of hydrogen-bond donors (Lipinski definition) is 0. The number of thiocarbonyl (C=S) groups is 1. The third-order valence-electron chi connectivity index (χ3n) is 1.24. The van der Waals surface area contributed by atoms with Crippen molar-refractivity contribution in [1.29, 1.82) is 0 Å². The van der Waals surface area contributed by atoms with Crippen LogP contribution in [0.4, 0.5) is 0 Å². The van der Waals surface area contributed by atoms with E-state index in [1.165, 1.54) is 0 Å². The van der Waals surface area contributed by atoms with Crippen LogP contribution in [-0.4, -0.2) is 37.6 Å². The van der Waals surface area contributed by atoms with Crippen molar-refractivity contribution < 1.29 is 9.47 Å². The Bertz CT molecular complexity index is 139. The molecule has 0 aliphatic carbocycles. The predicted octanol–water partition coefficient (Wildman–Crippen LogP) is 0.505. The standard InChI is InChI=1S/C6H9NO2S/c10-5-7-3-6-4-8-1-2-9-6/h6H,1-4H2. The molecular weight excluding hydrogens is 150 g/mol. The van der Waals surface area contributed by atoms with Crippen LogP contribution in [0.15, 0.2) is 4.99 Å². The van der Waals surface area contributed by atoms with Gasteiger partial charge in [-0.05, 0) is 12.2 Å². The van der Waals surface area contributed by atoms with Crippen molar-refractivity contribution in [2.75, 3.05) is 26.4 Å². The quantitative estimate of drug-likeness (QED) is 0.434. The molecule has 1 aliphatic rings. The molecule has 0 saturated carbocycles. The summed E-state index contributed by atoms with van der Waals surface area (Å²) in [5, 5.41) is 2.29. The molecule has 4 heteroatoms. The topological polar surface area (TPSA) is 30.8 Å². The highest BCUT2D eigenvalue weighted by Crippen LogP contribution is 1.99. The smallest absolute Gasteiger partial charge is 0.101 e. The van der Waals surface area contributed by atoms with Gasteiger partial charge < -0.3 is 9.47 Å². The third-order valence-corrected chi connectivity index (χ3v) is 1.37. The number of hydrogen-bond acceptors (Lipinski definition) is 4. The maximum Gasteiger partial charge on any atom is 0.101 e. The number of ether oxygens (including phenoxy) is 2. The summed E-state index contributed by atoms with van der Waals surface area (Å²) in [5.74, 6) is 0. The highest BCUT2D eigenvalue weighted by atomic mass is 32.1. The van der Waals surface area contributed by atoms with Crippen molar-refractivity contribution >= 4 is 17.4 Å². The second-order valence-electron chi connectivity index (χ2n) is 2.00. The molecular formula is C6H9NO2S. The van der Waals surface area contributed by atoms with E-state index in [0.717, 1.165) is 0 Å². The van der Waals surface area contributed by atoms with Gasteiger partial charge in [0.25, 0.3) is 0 Å². The van der Waals surface area contributed by atoms with Gasteiger partial charge in [-0.3, -0.25) is 0 Å². The average molecular weight is 159 g/mol. The first-order valence-electron chi connectivity index (χ1n) is 3.16. The Hall–Kier alpha value is -0.280. The summed E-state index contributed by atoms with van der Waals surface area (Å²) in [7, 11) is 0. The van der Waals surface area contributed by atoms with Gasteiger partial charge in [-0.1, -0.05) is 0 Å². The van der Waals surface area contributed by atoms with Crippen LogP contribution in [0, 0.1) is 0 Å². The number of nitrogens with zero attached hydrogens (tertiary/aromatic N) is 1. The predicted molar refractivity (Wildman–Crippen MR) is 40.5 cm³/mol. The Labute approximate surface area is 65.0 Å². The van der Waals surface area contributed by atoms with E-state index in [4.69, 9.17) is 9.47 Å². The molecule has 1 fully saturated rings. The molecule has 0 aromatic heterocycles. The Morgan fingerprint density at radius 1 is 1.60 bits per heavy atom. The second kappa shape index (κ2) is 4.52. The van der Waals surface area contributed by atoms with E-state index in [0.29, 0.717) is 26.4 Å². The minimum Gasteiger partial charge on any atom is -0.376 e. The highest BCUT2D eigenvalue weighted by Gasteiger charge is 2.12. The second-order valence-corrected chi connectivity index (χ2v) is 2.18. The molecule has 1 atom stereocenters. The van der Waals surface area contributed by atoms with Crippen LogP contribution in [0.1, 0.15) is 0 Å². The van der Waals surface area contributed by atoms with Crippen molar-refractivity contribution in [2.45, 2.75) is 6.10 Å². The van der Waals surface area contributed by atoms with Gasteiger partial charge in [0.2, 0.25) is 0 Å². The molecule has 10 heavy (non-hydrogen) atoms. The molecule has 0 N–H and O–H groups in total. The first-order valence-corrected chi connectivity index (χ1v) is 3.57. The van der Waals surface area contributed by atoms with Crippen LogP contribution in [0.2, 0.25) is 0 Å². The van der Waals surface area contributed by atoms with E-state index in [1.54, 1.807) is 0 Å². The largest absolute Gasteiger partial charge is 0.376 e. The SMILES string of the molecule is S=C=NCC1COCCO1. The minimum absolute atomic E-state index is 0.0872. The van der Waals surface area contributed by atoms with Crippen molar-refractivity contribution in [1.82, 2.24) is 0 Å². The third kappa shape index (κ3) is 2.54. The van der Waals surface area contributed by atoms with Crippen LogP contribution in [0.25, 0.3) is 0 Å². The van der Waals surface area contributed by atoms with E-state index in [1.807, 2.05) is 0 Å². The summed E-state index contributed by atoms with van der Waals surface area (Å²) in [6.45, 7) is 2.55. The van der Waals surface area contributed by atoms with E-state index < -0.39 is 0 Å². The van der Waals surface area contributed by atoms with E-state index >= 15 is 0 Å². The highest BCUT2D eigenvalue weighted by molar-refractivity contribution is 7.78. The number of isothiocyanates is 1. The average Bonchev–Trinajstić information content (AvgIpc) is 2.03. The van der Waals surface area contributed by atoms with Gasteiger partial charge in [0, 0.05) is 0 Å². The lowest BCUT2D eigenvalue weighted by Crippen LogP contribution is -2.30. The molecule has 56 valence electrons. The molecule has 0 aromatic carbocycles. The molecule has 1 saturated heterocycles. The maximum absolute atomic E-state index is 5.27. The summed E-state index contributed by atoms with van der Waals surface area (Å²) in [6.07, 6.45) is 0.0872. The lowest BCUT2D eigenvalue weighted by Gasteiger charge is -2.20. The zero-order chi connectivity index (χ0) is 7.23. The number of aliphatic imine (C=N–C) groups is 1. The fraction of sp³-hybridized carbons (Fsp3) is 0.833. The number of rotatable bonds is 2. The van der Waals surface area contributed by atoms with E-state index in [2.05, 4.69) is 22.4 Å². The molecule has 1 heterocycles. The summed E-state index contributed by atoms with van der Waals surface area (Å²) in [4.78, 5) is 3.76. The summed E-state index contributed by atoms with van der Waals surface area (Å²) >= 11 is 4.41. The van der Waals surface area contributed by atoms with Crippen molar-refractivity contribution in [3.05, 3.63) is 0 Å². The Morgan fingerprint density at radius 3 is 3.10 bits per heavy atom. The fourth-order valence-corrected chi connectivity index (χ4v) is 0.856. The fourth-order valence-electron chi connectivity index (χ4n) is 0.781. The van der Waals surface area contributed by atoms with Crippen molar-refractivity contribution in [3.8, 4) is 0 Å². The first-order chi connectivity index (χ1) is 4.93. The summed E-state index contributed by atoms with van der Waals surface area (Å²) in [5.41, 5.74) is 0. The van der Waals surface area contributed by atoms with Gasteiger partial charge in [0.15, 0.2) is 0 Å². The maximum atomic E-state index is 5.27. The molecule has 1 rings (SSSR count). The Morgan fingerprint density at radius 2 is 2.50 bits per heavy atom. The molecule has 0 bridgehead atoms. The molecule has 0 spiro atoms. The molecule has 0 radical (unpaired) electrons. The van der Waals surface area contributed by atoms with Crippen LogP contribution >= 0.6 is 12.2 Å². The Kier molecular flexibility index (Phi) is 3.54. The van der Waals surface area contributed by atoms with E-state index in [9.17, 15) is 0 Å². The Balaban J connectivity index is 2.19. The zero-order valence-electron chi connectivity index (χ0n) is 5.58. The summed E-state index contributed by atoms with van der Waals surface area (Å²) < 4.78 is 10.4. The van der Waals surface area contributed by atoms with Crippen molar-refractivity contribution in [2.24, 2.45) is 4.99 Å². The lowest BCUT2D eigenvalue weighted by atomic mass is 10.3. The molecule has 0 aromatic rings. The van der Waals surface area contributed by atoms with Gasteiger partial charge in [-0.15, -0.1) is 0 Å². The van der Waals surface area contributed by atoms with E-state index in [-0.39, 0.29) is 6.10 Å². The van der Waals surface area contributed by atoms with Gasteiger partial charge in [-0.25, -0.2) is 4.99 Å². The van der Waals surface area contributed by atoms with Gasteiger partial charge in [0.05, 0.1) is 31.5 Å². The molecule has 1 unspecified atom stereocenters. The van der Waals surface area contributed by atoms with Gasteiger partial charge >= 0.3 is 0 Å². The molecule has 0 amide bonds. The normalized spacial score (nSPS) is 25.4. The van der Waals surface area contributed by atoms with Crippen LogP contribution in [0.5, 0.6) is 0 Å². The summed E-state index contributed by atoms with van der Waals surface area (Å²) in [6, 6.07) is 0. The van der Waals surface area contributed by atoms with Crippen LogP contribution < -0.4 is 0 Å². The molecule has 3 nitrogen and oxygen atoms in total.